The molecule has 1 atom stereocenters. The lowest BCUT2D eigenvalue weighted by atomic mass is 9.99. The Hall–Kier alpha value is -3.84. The van der Waals surface area contributed by atoms with E-state index in [2.05, 4.69) is 41.3 Å². The lowest BCUT2D eigenvalue weighted by molar-refractivity contribution is -0.133. The first-order valence-corrected chi connectivity index (χ1v) is 12.8. The van der Waals surface area contributed by atoms with Crippen molar-refractivity contribution in [2.24, 2.45) is 0 Å². The molecule has 192 valence electrons. The number of amides is 1. The summed E-state index contributed by atoms with van der Waals surface area (Å²) in [6, 6.07) is 22.1. The molecule has 0 N–H and O–H groups in total. The monoisotopic (exact) mass is 499 g/mol. The highest BCUT2D eigenvalue weighted by atomic mass is 16.5. The fraction of sp³-hybridized carbons (Fsp3) is 0.333. The summed E-state index contributed by atoms with van der Waals surface area (Å²) < 4.78 is 12.3. The Bertz CT molecular complexity index is 1430. The minimum Gasteiger partial charge on any atom is -0.496 e. The maximum Gasteiger partial charge on any atom is 0.420 e. The second-order valence-corrected chi connectivity index (χ2v) is 9.76. The smallest absolute Gasteiger partial charge is 0.420 e. The van der Waals surface area contributed by atoms with Gasteiger partial charge in [0.2, 0.25) is 5.91 Å². The number of likely N-dealkylation sites (tertiary alicyclic amines) is 1. The molecule has 7 nitrogen and oxygen atoms in total. The zero-order chi connectivity index (χ0) is 25.9. The molecule has 7 heteroatoms. The molecule has 4 aromatic rings. The average Bonchev–Trinajstić information content (AvgIpc) is 3.54. The summed E-state index contributed by atoms with van der Waals surface area (Å²) in [7, 11) is 3.41. The summed E-state index contributed by atoms with van der Waals surface area (Å²) in [4.78, 5) is 30.4. The Labute approximate surface area is 216 Å². The lowest BCUT2D eigenvalue weighted by Crippen LogP contribution is -2.40. The quantitative estimate of drug-likeness (QED) is 0.346. The van der Waals surface area contributed by atoms with E-state index in [1.807, 2.05) is 32.2 Å². The van der Waals surface area contributed by atoms with Crippen LogP contribution in [0.3, 0.4) is 0 Å². The number of nitrogens with zero attached hydrogens (tertiary/aromatic N) is 3. The number of aromatic nitrogens is 1. The van der Waals surface area contributed by atoms with Gasteiger partial charge in [-0.15, -0.1) is 0 Å². The van der Waals surface area contributed by atoms with Gasteiger partial charge in [0.15, 0.2) is 5.58 Å². The maximum absolute atomic E-state index is 13.6. The summed E-state index contributed by atoms with van der Waals surface area (Å²) >= 11 is 0. The third kappa shape index (κ3) is 5.18. The summed E-state index contributed by atoms with van der Waals surface area (Å²) in [6.45, 7) is 4.60. The molecule has 0 bridgehead atoms. The molecule has 0 radical (unpaired) electrons. The van der Waals surface area contributed by atoms with Crippen molar-refractivity contribution in [2.75, 3.05) is 33.8 Å². The molecule has 1 amide bonds. The van der Waals surface area contributed by atoms with Gasteiger partial charge >= 0.3 is 5.76 Å². The van der Waals surface area contributed by atoms with Crippen LogP contribution >= 0.6 is 0 Å². The van der Waals surface area contributed by atoms with Crippen LogP contribution in [0.25, 0.3) is 22.2 Å². The lowest BCUT2D eigenvalue weighted by Gasteiger charge is -2.32. The van der Waals surface area contributed by atoms with Crippen LogP contribution in [0, 0.1) is 6.92 Å². The van der Waals surface area contributed by atoms with Crippen LogP contribution in [0.15, 0.2) is 75.9 Å². The molecule has 0 spiro atoms. The van der Waals surface area contributed by atoms with Gasteiger partial charge in [-0.3, -0.25) is 9.36 Å². The number of likely N-dealkylation sites (N-methyl/N-ethyl adjacent to an activating group) is 1. The first-order valence-electron chi connectivity index (χ1n) is 12.8. The third-order valence-electron chi connectivity index (χ3n) is 7.37. The van der Waals surface area contributed by atoms with Crippen molar-refractivity contribution in [1.82, 2.24) is 14.4 Å². The molecule has 0 aliphatic carbocycles. The predicted octanol–water partition coefficient (Wildman–Crippen LogP) is 4.87. The van der Waals surface area contributed by atoms with Crippen molar-refractivity contribution in [2.45, 2.75) is 32.4 Å². The van der Waals surface area contributed by atoms with E-state index in [4.69, 9.17) is 9.15 Å². The summed E-state index contributed by atoms with van der Waals surface area (Å²) in [5, 5.41) is 0. The highest BCUT2D eigenvalue weighted by molar-refractivity contribution is 5.81. The van der Waals surface area contributed by atoms with Crippen LogP contribution in [0.2, 0.25) is 0 Å². The van der Waals surface area contributed by atoms with Crippen molar-refractivity contribution < 1.29 is 13.9 Å². The zero-order valence-electron chi connectivity index (χ0n) is 21.6. The predicted molar refractivity (Wildman–Crippen MR) is 145 cm³/mol. The number of ether oxygens (including phenoxy) is 1. The van der Waals surface area contributed by atoms with Crippen molar-refractivity contribution in [1.29, 1.82) is 0 Å². The van der Waals surface area contributed by atoms with E-state index in [1.165, 1.54) is 17.4 Å². The van der Waals surface area contributed by atoms with Crippen LogP contribution in [-0.2, 0) is 11.3 Å². The van der Waals surface area contributed by atoms with Gasteiger partial charge in [0.25, 0.3) is 0 Å². The van der Waals surface area contributed by atoms with Crippen LogP contribution in [-0.4, -0.2) is 54.1 Å². The van der Waals surface area contributed by atoms with E-state index >= 15 is 0 Å². The Morgan fingerprint density at radius 1 is 1.03 bits per heavy atom. The van der Waals surface area contributed by atoms with Crippen molar-refractivity contribution in [3.8, 4) is 16.9 Å². The molecule has 37 heavy (non-hydrogen) atoms. The second kappa shape index (κ2) is 10.6. The number of aryl methyl sites for hydroxylation is 1. The summed E-state index contributed by atoms with van der Waals surface area (Å²) in [6.07, 6.45) is 2.35. The Morgan fingerprint density at radius 3 is 2.38 bits per heavy atom. The molecule has 1 saturated heterocycles. The average molecular weight is 500 g/mol. The maximum atomic E-state index is 13.6. The number of methoxy groups -OCH3 is 1. The van der Waals surface area contributed by atoms with E-state index < -0.39 is 5.76 Å². The number of benzene rings is 3. The van der Waals surface area contributed by atoms with E-state index in [0.717, 1.165) is 41.9 Å². The normalized spacial score (nSPS) is 14.7. The van der Waals surface area contributed by atoms with Gasteiger partial charge in [-0.1, -0.05) is 54.6 Å². The van der Waals surface area contributed by atoms with Gasteiger partial charge in [-0.25, -0.2) is 4.79 Å². The van der Waals surface area contributed by atoms with Gasteiger partial charge in [0.05, 0.1) is 18.7 Å². The van der Waals surface area contributed by atoms with Crippen LogP contribution in [0.4, 0.5) is 0 Å². The number of hydrogen-bond acceptors (Lipinski definition) is 5. The molecule has 1 aliphatic rings. The largest absolute Gasteiger partial charge is 0.496 e. The summed E-state index contributed by atoms with van der Waals surface area (Å²) in [5.41, 5.74) is 5.24. The van der Waals surface area contributed by atoms with Crippen molar-refractivity contribution >= 4 is 17.0 Å². The molecular weight excluding hydrogens is 466 g/mol. The summed E-state index contributed by atoms with van der Waals surface area (Å²) in [5.74, 6) is -0.0540. The molecule has 1 aliphatic heterocycles. The molecule has 1 fully saturated rings. The minimum absolute atomic E-state index is 0.104. The number of fused-ring (bicyclic) bond motifs is 1. The van der Waals surface area contributed by atoms with Gasteiger partial charge in [0, 0.05) is 19.7 Å². The third-order valence-corrected chi connectivity index (χ3v) is 7.37. The van der Waals surface area contributed by atoms with Crippen LogP contribution in [0.1, 0.15) is 30.0 Å². The molecular formula is C30H33N3O4. The number of hydrogen-bond donors (Lipinski definition) is 0. The highest BCUT2D eigenvalue weighted by Gasteiger charge is 2.27. The number of carbonyl (C=O) groups is 1. The molecule has 3 aromatic carbocycles. The molecule has 1 aromatic heterocycles. The fourth-order valence-corrected chi connectivity index (χ4v) is 5.17. The number of rotatable bonds is 8. The first kappa shape index (κ1) is 24.8. The van der Waals surface area contributed by atoms with Crippen molar-refractivity contribution in [3.05, 3.63) is 88.4 Å². The fourth-order valence-electron chi connectivity index (χ4n) is 5.17. The van der Waals surface area contributed by atoms with Gasteiger partial charge in [-0.2, -0.15) is 0 Å². The van der Waals surface area contributed by atoms with Gasteiger partial charge in [0.1, 0.15) is 12.3 Å². The Balaban J connectivity index is 1.42. The van der Waals surface area contributed by atoms with E-state index in [9.17, 15) is 9.59 Å². The van der Waals surface area contributed by atoms with E-state index in [0.29, 0.717) is 16.8 Å². The molecule has 0 saturated carbocycles. The topological polar surface area (TPSA) is 67.9 Å². The SMILES string of the molecule is COc1cc2c(cc1C)oc(=O)n2CC(=O)N(C)C(CN1CCCC1)c1ccc(-c2ccccc2)cc1. The Morgan fingerprint density at radius 2 is 1.70 bits per heavy atom. The number of carbonyl (C=O) groups excluding carboxylic acids is 1. The molecule has 2 heterocycles. The Kier molecular flexibility index (Phi) is 7.15. The molecule has 5 rings (SSSR count). The number of oxazole rings is 1. The highest BCUT2D eigenvalue weighted by Crippen LogP contribution is 2.28. The first-order chi connectivity index (χ1) is 17.9. The zero-order valence-corrected chi connectivity index (χ0v) is 21.6. The molecule has 1 unspecified atom stereocenters. The second-order valence-electron chi connectivity index (χ2n) is 9.76. The standard InChI is InChI=1S/C30H33N3O4/c1-21-17-28-25(18-27(21)36-3)33(30(35)37-28)20-29(34)31(2)26(19-32-15-7-8-16-32)24-13-11-23(12-14-24)22-9-5-4-6-10-22/h4-6,9-14,17-18,26H,7-8,15-16,19-20H2,1-3H3. The van der Waals surface area contributed by atoms with E-state index in [1.54, 1.807) is 24.1 Å². The van der Waals surface area contributed by atoms with Gasteiger partial charge < -0.3 is 19.0 Å². The van der Waals surface area contributed by atoms with Crippen molar-refractivity contribution in [3.63, 3.8) is 0 Å². The minimum atomic E-state index is -0.548. The van der Waals surface area contributed by atoms with E-state index in [-0.39, 0.29) is 18.5 Å². The van der Waals surface area contributed by atoms with Crippen LogP contribution in [0.5, 0.6) is 5.75 Å². The van der Waals surface area contributed by atoms with Crippen LogP contribution < -0.4 is 10.5 Å². The van der Waals surface area contributed by atoms with Gasteiger partial charge in [-0.05, 0) is 61.2 Å².